The zero-order chi connectivity index (χ0) is 14.5. The van der Waals surface area contributed by atoms with E-state index in [1.807, 2.05) is 19.1 Å². The molecule has 1 aromatic heterocycles. The van der Waals surface area contributed by atoms with Crippen LogP contribution in [0, 0.1) is 6.92 Å². The molecule has 0 spiro atoms. The Labute approximate surface area is 131 Å². The summed E-state index contributed by atoms with van der Waals surface area (Å²) in [5.41, 5.74) is 3.00. The molecule has 0 N–H and O–H groups in total. The number of halogens is 1. The maximum Gasteiger partial charge on any atom is 0.173 e. The van der Waals surface area contributed by atoms with E-state index in [9.17, 15) is 0 Å². The lowest BCUT2D eigenvalue weighted by molar-refractivity contribution is 0.866. The molecular weight excluding hydrogens is 336 g/mol. The Morgan fingerprint density at radius 2 is 1.80 bits per heavy atom. The lowest BCUT2D eigenvalue weighted by atomic mass is 10.2. The summed E-state index contributed by atoms with van der Waals surface area (Å²) in [6, 6.07) is 8.13. The van der Waals surface area contributed by atoms with Gasteiger partial charge in [0.2, 0.25) is 0 Å². The van der Waals surface area contributed by atoms with Crippen LogP contribution in [0.25, 0.3) is 0 Å². The van der Waals surface area contributed by atoms with Gasteiger partial charge in [-0.05, 0) is 72.5 Å². The third kappa shape index (κ3) is 3.43. The highest BCUT2D eigenvalue weighted by Crippen LogP contribution is 2.34. The lowest BCUT2D eigenvalue weighted by Gasteiger charge is -2.20. The summed E-state index contributed by atoms with van der Waals surface area (Å²) in [6.45, 7) is 8.26. The van der Waals surface area contributed by atoms with Crippen molar-refractivity contribution in [2.24, 2.45) is 10.2 Å². The number of nitrogens with zero attached hydrogens (tertiary/aromatic N) is 4. The molecule has 0 saturated carbocycles. The minimum Gasteiger partial charge on any atom is -0.372 e. The number of benzene rings is 1. The van der Waals surface area contributed by atoms with E-state index in [1.165, 1.54) is 17.2 Å². The first-order valence-corrected chi connectivity index (χ1v) is 8.10. The minimum absolute atomic E-state index is 0.801. The van der Waals surface area contributed by atoms with E-state index >= 15 is 0 Å². The molecule has 0 amide bonds. The molecule has 0 unspecified atom stereocenters. The van der Waals surface area contributed by atoms with E-state index in [0.717, 1.165) is 33.9 Å². The Kier molecular flexibility index (Phi) is 5.25. The molecule has 0 bridgehead atoms. The van der Waals surface area contributed by atoms with E-state index in [0.29, 0.717) is 0 Å². The predicted octanol–water partition coefficient (Wildman–Crippen LogP) is 5.48. The van der Waals surface area contributed by atoms with Gasteiger partial charge in [0.15, 0.2) is 5.00 Å². The number of rotatable bonds is 5. The van der Waals surface area contributed by atoms with Crippen LogP contribution in [0.2, 0.25) is 0 Å². The summed E-state index contributed by atoms with van der Waals surface area (Å²) < 4.78 is 5.14. The first-order valence-electron chi connectivity index (χ1n) is 6.54. The van der Waals surface area contributed by atoms with Gasteiger partial charge in [0.25, 0.3) is 0 Å². The number of hydrogen-bond donors (Lipinski definition) is 0. The fourth-order valence-corrected chi connectivity index (χ4v) is 2.95. The summed E-state index contributed by atoms with van der Waals surface area (Å²) >= 11 is 4.81. The standard InChI is InChI=1S/C14H17BrN4S/c1-4-19(5-2)12-8-6-11(7-9-12)16-17-14-13(15)10(3)18-20-14/h6-9H,4-5H2,1-3H3. The van der Waals surface area contributed by atoms with Gasteiger partial charge in [0.05, 0.1) is 15.9 Å². The molecule has 2 aromatic rings. The second kappa shape index (κ2) is 6.95. The van der Waals surface area contributed by atoms with Gasteiger partial charge in [-0.1, -0.05) is 0 Å². The monoisotopic (exact) mass is 352 g/mol. The summed E-state index contributed by atoms with van der Waals surface area (Å²) in [4.78, 5) is 2.30. The Balaban J connectivity index is 2.13. The van der Waals surface area contributed by atoms with Gasteiger partial charge in [-0.3, -0.25) is 0 Å². The fourth-order valence-electron chi connectivity index (χ4n) is 1.83. The first kappa shape index (κ1) is 15.1. The number of azo groups is 1. The van der Waals surface area contributed by atoms with Gasteiger partial charge in [-0.25, -0.2) is 0 Å². The summed E-state index contributed by atoms with van der Waals surface area (Å²) in [5.74, 6) is 0. The highest BCUT2D eigenvalue weighted by molar-refractivity contribution is 9.10. The van der Waals surface area contributed by atoms with E-state index in [1.54, 1.807) is 0 Å². The van der Waals surface area contributed by atoms with Crippen molar-refractivity contribution >= 4 is 43.8 Å². The molecular formula is C14H17BrN4S. The van der Waals surface area contributed by atoms with Crippen LogP contribution < -0.4 is 4.90 Å². The topological polar surface area (TPSA) is 40.9 Å². The van der Waals surface area contributed by atoms with Crippen molar-refractivity contribution < 1.29 is 0 Å². The largest absolute Gasteiger partial charge is 0.372 e. The first-order chi connectivity index (χ1) is 9.65. The van der Waals surface area contributed by atoms with E-state index in [4.69, 9.17) is 0 Å². The summed E-state index contributed by atoms with van der Waals surface area (Å²) in [7, 11) is 0. The van der Waals surface area contributed by atoms with Crippen molar-refractivity contribution in [3.8, 4) is 0 Å². The fraction of sp³-hybridized carbons (Fsp3) is 0.357. The van der Waals surface area contributed by atoms with Gasteiger partial charge >= 0.3 is 0 Å². The molecule has 2 rings (SSSR count). The maximum absolute atomic E-state index is 4.25. The van der Waals surface area contributed by atoms with Gasteiger partial charge < -0.3 is 4.90 Å². The minimum atomic E-state index is 0.801. The highest BCUT2D eigenvalue weighted by Gasteiger charge is 2.06. The van der Waals surface area contributed by atoms with E-state index in [2.05, 4.69) is 61.4 Å². The molecule has 0 aliphatic rings. The van der Waals surface area contributed by atoms with Crippen molar-refractivity contribution in [1.29, 1.82) is 0 Å². The number of aryl methyl sites for hydroxylation is 1. The summed E-state index contributed by atoms with van der Waals surface area (Å²) in [6.07, 6.45) is 0. The molecule has 4 nitrogen and oxygen atoms in total. The lowest BCUT2D eigenvalue weighted by Crippen LogP contribution is -2.21. The molecule has 0 aliphatic carbocycles. The SMILES string of the molecule is CCN(CC)c1ccc(N=Nc2snc(C)c2Br)cc1. The Morgan fingerprint density at radius 1 is 1.15 bits per heavy atom. The van der Waals surface area contributed by atoms with Crippen molar-refractivity contribution in [3.63, 3.8) is 0 Å². The van der Waals surface area contributed by atoms with Crippen LogP contribution in [-0.4, -0.2) is 17.5 Å². The van der Waals surface area contributed by atoms with Gasteiger partial charge in [-0.2, -0.15) is 4.37 Å². The number of aromatic nitrogens is 1. The molecule has 106 valence electrons. The maximum atomic E-state index is 4.25. The molecule has 6 heteroatoms. The van der Waals surface area contributed by atoms with E-state index < -0.39 is 0 Å². The molecule has 0 fully saturated rings. The summed E-state index contributed by atoms with van der Waals surface area (Å²) in [5, 5.41) is 9.28. The predicted molar refractivity (Wildman–Crippen MR) is 88.7 cm³/mol. The third-order valence-electron chi connectivity index (χ3n) is 3.01. The quantitative estimate of drug-likeness (QED) is 0.668. The zero-order valence-corrected chi connectivity index (χ0v) is 14.2. The number of anilines is 1. The number of hydrogen-bond acceptors (Lipinski definition) is 5. The van der Waals surface area contributed by atoms with Crippen LogP contribution in [0.15, 0.2) is 39.0 Å². The molecule has 1 heterocycles. The van der Waals surface area contributed by atoms with Crippen LogP contribution in [0.5, 0.6) is 0 Å². The van der Waals surface area contributed by atoms with Crippen molar-refractivity contribution in [2.75, 3.05) is 18.0 Å². The second-order valence-electron chi connectivity index (χ2n) is 4.28. The molecule has 0 atom stereocenters. The van der Waals surface area contributed by atoms with E-state index in [-0.39, 0.29) is 0 Å². The van der Waals surface area contributed by atoms with Crippen molar-refractivity contribution in [3.05, 3.63) is 34.4 Å². The second-order valence-corrected chi connectivity index (χ2v) is 5.82. The third-order valence-corrected chi connectivity index (χ3v) is 5.04. The zero-order valence-electron chi connectivity index (χ0n) is 11.8. The molecule has 1 aromatic carbocycles. The molecule has 0 aliphatic heterocycles. The van der Waals surface area contributed by atoms with Crippen LogP contribution in [0.1, 0.15) is 19.5 Å². The smallest absolute Gasteiger partial charge is 0.173 e. The molecule has 20 heavy (non-hydrogen) atoms. The van der Waals surface area contributed by atoms with Crippen LogP contribution >= 0.6 is 27.5 Å². The Morgan fingerprint density at radius 3 is 2.30 bits per heavy atom. The Hall–Kier alpha value is -1.27. The van der Waals surface area contributed by atoms with Gasteiger partial charge in [-0.15, -0.1) is 10.2 Å². The molecule has 0 radical (unpaired) electrons. The Bertz CT molecular complexity index is 588. The van der Waals surface area contributed by atoms with Crippen molar-refractivity contribution in [1.82, 2.24) is 4.37 Å². The average Bonchev–Trinajstić information content (AvgIpc) is 2.79. The van der Waals surface area contributed by atoms with Crippen LogP contribution in [-0.2, 0) is 0 Å². The average molecular weight is 353 g/mol. The van der Waals surface area contributed by atoms with Crippen LogP contribution in [0.4, 0.5) is 16.4 Å². The van der Waals surface area contributed by atoms with Crippen LogP contribution in [0.3, 0.4) is 0 Å². The van der Waals surface area contributed by atoms with Crippen molar-refractivity contribution in [2.45, 2.75) is 20.8 Å². The van der Waals surface area contributed by atoms with Gasteiger partial charge in [0.1, 0.15) is 0 Å². The van der Waals surface area contributed by atoms with Gasteiger partial charge in [0, 0.05) is 18.8 Å². The normalized spacial score (nSPS) is 11.2. The highest BCUT2D eigenvalue weighted by atomic mass is 79.9. The molecule has 0 saturated heterocycles.